The molecule has 0 aliphatic carbocycles. The Morgan fingerprint density at radius 3 is 3.06 bits per heavy atom. The molecule has 0 radical (unpaired) electrons. The normalized spacial score (nSPS) is 20.4. The molecule has 92 valence electrons. The lowest BCUT2D eigenvalue weighted by Gasteiger charge is -2.33. The lowest BCUT2D eigenvalue weighted by Crippen LogP contribution is -2.47. The van der Waals surface area contributed by atoms with Gasteiger partial charge in [0.05, 0.1) is 29.8 Å². The summed E-state index contributed by atoms with van der Waals surface area (Å²) in [5.74, 6) is -0.0710. The van der Waals surface area contributed by atoms with Gasteiger partial charge in [-0.2, -0.15) is 0 Å². The van der Waals surface area contributed by atoms with Crippen LogP contribution >= 0.6 is 11.6 Å². The number of pyridine rings is 1. The number of nitrogens with zero attached hydrogens (tertiary/aromatic N) is 2. The van der Waals surface area contributed by atoms with Crippen molar-refractivity contribution in [1.29, 1.82) is 0 Å². The summed E-state index contributed by atoms with van der Waals surface area (Å²) in [6, 6.07) is 1.79. The third kappa shape index (κ3) is 2.58. The van der Waals surface area contributed by atoms with Gasteiger partial charge in [0.15, 0.2) is 0 Å². The third-order valence-corrected chi connectivity index (χ3v) is 3.16. The van der Waals surface area contributed by atoms with Gasteiger partial charge in [-0.15, -0.1) is 0 Å². The number of morpholine rings is 1. The van der Waals surface area contributed by atoms with Gasteiger partial charge in [0.2, 0.25) is 0 Å². The van der Waals surface area contributed by atoms with Crippen LogP contribution in [0.1, 0.15) is 23.0 Å². The molecule has 4 nitrogen and oxygen atoms in total. The van der Waals surface area contributed by atoms with Crippen LogP contribution in [0.3, 0.4) is 0 Å². The minimum atomic E-state index is -0.0710. The van der Waals surface area contributed by atoms with E-state index < -0.39 is 0 Å². The summed E-state index contributed by atoms with van der Waals surface area (Å²) in [7, 11) is 0. The van der Waals surface area contributed by atoms with Crippen molar-refractivity contribution in [2.45, 2.75) is 19.9 Å². The Hall–Kier alpha value is -1.13. The fourth-order valence-electron chi connectivity index (χ4n) is 1.87. The summed E-state index contributed by atoms with van der Waals surface area (Å²) in [6.07, 6.45) is 1.54. The van der Waals surface area contributed by atoms with Crippen LogP contribution in [0, 0.1) is 6.92 Å². The first-order valence-electron chi connectivity index (χ1n) is 5.60. The summed E-state index contributed by atoms with van der Waals surface area (Å²) in [4.78, 5) is 18.2. The summed E-state index contributed by atoms with van der Waals surface area (Å²) in [6.45, 7) is 5.56. The molecule has 2 heterocycles. The van der Waals surface area contributed by atoms with Gasteiger partial charge < -0.3 is 9.64 Å². The van der Waals surface area contributed by atoms with E-state index in [0.29, 0.717) is 30.3 Å². The molecule has 0 bridgehead atoms. The van der Waals surface area contributed by atoms with E-state index in [1.807, 2.05) is 13.8 Å². The molecule has 1 saturated heterocycles. The smallest absolute Gasteiger partial charge is 0.257 e. The average molecular weight is 255 g/mol. The molecule has 2 rings (SSSR count). The molecule has 5 heteroatoms. The molecule has 0 N–H and O–H groups in total. The van der Waals surface area contributed by atoms with Crippen LogP contribution in [-0.2, 0) is 4.74 Å². The van der Waals surface area contributed by atoms with Gasteiger partial charge in [0, 0.05) is 18.4 Å². The van der Waals surface area contributed by atoms with Crippen molar-refractivity contribution in [2.75, 3.05) is 19.8 Å². The molecule has 17 heavy (non-hydrogen) atoms. The number of halogens is 1. The molecule has 0 aromatic carbocycles. The van der Waals surface area contributed by atoms with E-state index in [4.69, 9.17) is 16.3 Å². The van der Waals surface area contributed by atoms with E-state index in [1.165, 1.54) is 0 Å². The molecule has 1 aromatic rings. The molecular formula is C12H15ClN2O2. The van der Waals surface area contributed by atoms with Gasteiger partial charge >= 0.3 is 0 Å². The molecule has 1 aromatic heterocycles. The Morgan fingerprint density at radius 2 is 2.41 bits per heavy atom. The van der Waals surface area contributed by atoms with Gasteiger partial charge in [-0.05, 0) is 19.9 Å². The van der Waals surface area contributed by atoms with E-state index in [2.05, 4.69) is 4.98 Å². The number of carbonyl (C=O) groups is 1. The molecule has 1 unspecified atom stereocenters. The van der Waals surface area contributed by atoms with E-state index >= 15 is 0 Å². The summed E-state index contributed by atoms with van der Waals surface area (Å²) >= 11 is 6.07. The van der Waals surface area contributed by atoms with Gasteiger partial charge in [0.25, 0.3) is 5.91 Å². The first-order valence-corrected chi connectivity index (χ1v) is 5.98. The van der Waals surface area contributed by atoms with Crippen LogP contribution in [-0.4, -0.2) is 41.6 Å². The fourth-order valence-corrected chi connectivity index (χ4v) is 2.15. The van der Waals surface area contributed by atoms with E-state index in [0.717, 1.165) is 5.69 Å². The Balaban J connectivity index is 2.24. The summed E-state index contributed by atoms with van der Waals surface area (Å²) in [5, 5.41) is 0.459. The molecule has 1 aliphatic heterocycles. The number of ether oxygens (including phenoxy) is 1. The lowest BCUT2D eigenvalue weighted by atomic mass is 10.2. The highest BCUT2D eigenvalue weighted by molar-refractivity contribution is 6.33. The zero-order valence-corrected chi connectivity index (χ0v) is 10.7. The van der Waals surface area contributed by atoms with E-state index in [-0.39, 0.29) is 11.9 Å². The Bertz CT molecular complexity index is 437. The van der Waals surface area contributed by atoms with Gasteiger partial charge in [-0.25, -0.2) is 0 Å². The van der Waals surface area contributed by atoms with Crippen molar-refractivity contribution < 1.29 is 9.53 Å². The van der Waals surface area contributed by atoms with Crippen LogP contribution in [0.15, 0.2) is 12.3 Å². The highest BCUT2D eigenvalue weighted by Crippen LogP contribution is 2.19. The minimum Gasteiger partial charge on any atom is -0.377 e. The quantitative estimate of drug-likeness (QED) is 0.769. The Morgan fingerprint density at radius 1 is 1.65 bits per heavy atom. The Kier molecular flexibility index (Phi) is 3.64. The number of hydrogen-bond donors (Lipinski definition) is 0. The molecule has 1 amide bonds. The maximum absolute atomic E-state index is 12.3. The van der Waals surface area contributed by atoms with E-state index in [1.54, 1.807) is 17.2 Å². The van der Waals surface area contributed by atoms with Gasteiger partial charge in [-0.3, -0.25) is 9.78 Å². The standard InChI is InChI=1S/C12H15ClN2O2/c1-8-5-11(13)10(6-14-8)12(16)15-3-4-17-7-9(15)2/h5-6,9H,3-4,7H2,1-2H3. The highest BCUT2D eigenvalue weighted by atomic mass is 35.5. The van der Waals surface area contributed by atoms with Crippen molar-refractivity contribution in [3.05, 3.63) is 28.5 Å². The topological polar surface area (TPSA) is 42.4 Å². The number of aromatic nitrogens is 1. The monoisotopic (exact) mass is 254 g/mol. The van der Waals surface area contributed by atoms with Crippen molar-refractivity contribution in [2.24, 2.45) is 0 Å². The maximum atomic E-state index is 12.3. The van der Waals surface area contributed by atoms with E-state index in [9.17, 15) is 4.79 Å². The zero-order chi connectivity index (χ0) is 12.4. The van der Waals surface area contributed by atoms with Gasteiger partial charge in [-0.1, -0.05) is 11.6 Å². The minimum absolute atomic E-state index is 0.0710. The molecular weight excluding hydrogens is 240 g/mol. The molecule has 1 aliphatic rings. The predicted octanol–water partition coefficient (Wildman–Crippen LogP) is 1.90. The molecule has 1 atom stereocenters. The second kappa shape index (κ2) is 5.02. The third-order valence-electron chi connectivity index (χ3n) is 2.85. The number of hydrogen-bond acceptors (Lipinski definition) is 3. The molecule has 0 spiro atoms. The fraction of sp³-hybridized carbons (Fsp3) is 0.500. The first-order chi connectivity index (χ1) is 8.09. The van der Waals surface area contributed by atoms with Crippen LogP contribution < -0.4 is 0 Å². The highest BCUT2D eigenvalue weighted by Gasteiger charge is 2.26. The van der Waals surface area contributed by atoms with Gasteiger partial charge in [0.1, 0.15) is 0 Å². The number of amides is 1. The van der Waals surface area contributed by atoms with Crippen LogP contribution in [0.2, 0.25) is 5.02 Å². The predicted molar refractivity (Wildman–Crippen MR) is 65.3 cm³/mol. The van der Waals surface area contributed by atoms with Crippen molar-refractivity contribution >= 4 is 17.5 Å². The molecule has 1 fully saturated rings. The van der Waals surface area contributed by atoms with Crippen molar-refractivity contribution in [3.8, 4) is 0 Å². The molecule has 0 saturated carbocycles. The average Bonchev–Trinajstić information content (AvgIpc) is 2.29. The second-order valence-electron chi connectivity index (χ2n) is 4.23. The van der Waals surface area contributed by atoms with Crippen molar-refractivity contribution in [3.63, 3.8) is 0 Å². The first kappa shape index (κ1) is 12.3. The van der Waals surface area contributed by atoms with Crippen molar-refractivity contribution in [1.82, 2.24) is 9.88 Å². The Labute approximate surface area is 106 Å². The van der Waals surface area contributed by atoms with Crippen LogP contribution in [0.25, 0.3) is 0 Å². The maximum Gasteiger partial charge on any atom is 0.257 e. The lowest BCUT2D eigenvalue weighted by molar-refractivity contribution is 0.00358. The largest absolute Gasteiger partial charge is 0.377 e. The SMILES string of the molecule is Cc1cc(Cl)c(C(=O)N2CCOCC2C)cn1. The number of rotatable bonds is 1. The number of carbonyl (C=O) groups excluding carboxylic acids is 1. The van der Waals surface area contributed by atoms with Crippen LogP contribution in [0.4, 0.5) is 0 Å². The number of aryl methyl sites for hydroxylation is 1. The zero-order valence-electron chi connectivity index (χ0n) is 9.94. The second-order valence-corrected chi connectivity index (χ2v) is 4.64. The summed E-state index contributed by atoms with van der Waals surface area (Å²) < 4.78 is 5.30. The summed E-state index contributed by atoms with van der Waals surface area (Å²) in [5.41, 5.74) is 1.27. The van der Waals surface area contributed by atoms with Crippen LogP contribution in [0.5, 0.6) is 0 Å².